The molecule has 374 valence electrons. The smallest absolute Gasteiger partial charge is 0.756 e. The number of hydrogen-bond acceptors (Lipinski definition) is 14. The molecule has 0 amide bonds. The van der Waals surface area contributed by atoms with E-state index in [4.69, 9.17) is 29.0 Å². The second-order valence-electron chi connectivity index (χ2n) is 18.0. The predicted molar refractivity (Wildman–Crippen MR) is 251 cm³/mol. The number of esters is 2. The number of phosphoric acid groups is 1. The van der Waals surface area contributed by atoms with E-state index in [1.807, 2.05) is 6.07 Å². The van der Waals surface area contributed by atoms with Crippen molar-refractivity contribution in [3.63, 3.8) is 0 Å². The Labute approximate surface area is 419 Å². The Balaban J connectivity index is 0.0000218. The van der Waals surface area contributed by atoms with Gasteiger partial charge in [-0.15, -0.1) is 0 Å². The van der Waals surface area contributed by atoms with Gasteiger partial charge < -0.3 is 39.0 Å². The maximum Gasteiger partial charge on any atom is 1.00 e. The van der Waals surface area contributed by atoms with Crippen molar-refractivity contribution in [1.29, 1.82) is 5.26 Å². The van der Waals surface area contributed by atoms with Crippen LogP contribution in [0, 0.1) is 17.2 Å². The average molecular weight is 961 g/mol. The van der Waals surface area contributed by atoms with Crippen molar-refractivity contribution in [2.45, 2.75) is 244 Å². The molecule has 0 aliphatic carbocycles. The first-order valence-electron chi connectivity index (χ1n) is 25.5. The average Bonchev–Trinajstić information content (AvgIpc) is 3.60. The van der Waals surface area contributed by atoms with E-state index in [0.717, 1.165) is 43.1 Å². The molecule has 1 fully saturated rings. The van der Waals surface area contributed by atoms with Crippen LogP contribution in [0.5, 0.6) is 0 Å². The maximum absolute atomic E-state index is 12.9. The molecule has 6 atom stereocenters. The monoisotopic (exact) mass is 961 g/mol. The zero-order valence-corrected chi connectivity index (χ0v) is 44.1. The van der Waals surface area contributed by atoms with Crippen molar-refractivity contribution >= 4 is 25.6 Å². The van der Waals surface area contributed by atoms with Crippen LogP contribution in [-0.2, 0) is 37.4 Å². The summed E-state index contributed by atoms with van der Waals surface area (Å²) in [4.78, 5) is 54.4. The minimum atomic E-state index is -5.11. The third-order valence-corrected chi connectivity index (χ3v) is 13.1. The van der Waals surface area contributed by atoms with Gasteiger partial charge in [-0.25, -0.2) is 4.79 Å². The molecule has 0 radical (unpaired) electrons. The summed E-state index contributed by atoms with van der Waals surface area (Å²) in [5, 5.41) is 20.4. The Kier molecular flexibility index (Phi) is 37.6. The first-order valence-corrected chi connectivity index (χ1v) is 27.0. The number of aromatic nitrogens is 2. The van der Waals surface area contributed by atoms with Crippen LogP contribution in [0.1, 0.15) is 226 Å². The first kappa shape index (κ1) is 62.2. The van der Waals surface area contributed by atoms with Crippen LogP contribution < -0.4 is 45.9 Å². The summed E-state index contributed by atoms with van der Waals surface area (Å²) in [6.45, 7) is 2.66. The van der Waals surface area contributed by atoms with Crippen LogP contribution in [0.2, 0.25) is 0 Å². The number of nitrogens with zero attached hydrogens (tertiary/aromatic N) is 3. The predicted octanol–water partition coefficient (Wildman–Crippen LogP) is 7.71. The third-order valence-electron chi connectivity index (χ3n) is 12.2. The van der Waals surface area contributed by atoms with Crippen molar-refractivity contribution in [2.24, 2.45) is 5.92 Å². The SMILES string of the molecule is CCCCCCCCCCCCCCCCCC(=O)OCC(COP(=O)([O-])OC[C@H]1O[C@@H](n2ccc(N)nc2=O)[C@@H](C#N)[C@@H]1O)OC(=O)CCCCCCCCCCCCCCCCC.[Na+]. The molecule has 1 aliphatic heterocycles. The Morgan fingerprint density at radius 2 is 1.18 bits per heavy atom. The van der Waals surface area contributed by atoms with Crippen LogP contribution in [0.15, 0.2) is 17.1 Å². The molecule has 1 saturated heterocycles. The maximum atomic E-state index is 12.9. The van der Waals surface area contributed by atoms with Gasteiger partial charge in [0.15, 0.2) is 12.3 Å². The fourth-order valence-electron chi connectivity index (χ4n) is 8.16. The van der Waals surface area contributed by atoms with E-state index in [9.17, 15) is 34.2 Å². The molecule has 17 heteroatoms. The fourth-order valence-corrected chi connectivity index (χ4v) is 8.91. The van der Waals surface area contributed by atoms with Crippen LogP contribution in [0.4, 0.5) is 5.82 Å². The van der Waals surface area contributed by atoms with E-state index in [2.05, 4.69) is 18.8 Å². The second kappa shape index (κ2) is 39.9. The van der Waals surface area contributed by atoms with Crippen molar-refractivity contribution in [2.75, 3.05) is 25.6 Å². The minimum Gasteiger partial charge on any atom is -0.756 e. The summed E-state index contributed by atoms with van der Waals surface area (Å²) in [5.74, 6) is -2.34. The first-order chi connectivity index (χ1) is 31.5. The third kappa shape index (κ3) is 29.9. The molecule has 3 N–H and O–H groups in total. The van der Waals surface area contributed by atoms with E-state index in [1.165, 1.54) is 154 Å². The number of ether oxygens (including phenoxy) is 3. The van der Waals surface area contributed by atoms with Crippen molar-refractivity contribution in [3.8, 4) is 6.07 Å². The summed E-state index contributed by atoms with van der Waals surface area (Å²) in [6, 6.07) is 3.19. The summed E-state index contributed by atoms with van der Waals surface area (Å²) in [5.41, 5.74) is 4.73. The molecule has 66 heavy (non-hydrogen) atoms. The van der Waals surface area contributed by atoms with Gasteiger partial charge in [-0.2, -0.15) is 10.2 Å². The molecule has 1 aromatic rings. The topological polar surface area (TPSA) is 225 Å². The number of carbonyl (C=O) groups excluding carboxylic acids is 2. The number of aliphatic hydroxyl groups is 1. The van der Waals surface area contributed by atoms with E-state index in [-0.39, 0.29) is 48.2 Å². The molecule has 2 heterocycles. The standard InChI is InChI=1S/C49H87N4O11P.Na/c1-3-5-7-9-11-13-15-17-19-21-23-25-27-29-31-33-45(54)60-38-41(63-46(55)34-32-30-28-26-24-22-20-18-16-14-12-10-8-6-4-2)39-61-65(58,59)62-40-43-47(56)42(37-50)48(64-43)53-36-35-44(51)52-49(53)57;/h35-36,41-43,47-48,56H,3-34,38-40H2,1-2H3,(H,58,59)(H2,51,52,57);/q;+1/p-1/t41?,42-,43+,47-,48+;/m0./s1. The molecule has 2 rings (SSSR count). The number of aliphatic hydroxyl groups excluding tert-OH is 1. The van der Waals surface area contributed by atoms with Crippen molar-refractivity contribution in [1.82, 2.24) is 9.55 Å². The fraction of sp³-hybridized carbons (Fsp3) is 0.857. The zero-order chi connectivity index (χ0) is 47.4. The summed E-state index contributed by atoms with van der Waals surface area (Å²) < 4.78 is 40.5. The molecule has 0 bridgehead atoms. The molecule has 0 spiro atoms. The Morgan fingerprint density at radius 1 is 0.758 bits per heavy atom. The molecule has 0 aromatic carbocycles. The summed E-state index contributed by atoms with van der Waals surface area (Å²) in [7, 11) is -5.11. The van der Waals surface area contributed by atoms with E-state index < -0.39 is 75.7 Å². The molecule has 2 unspecified atom stereocenters. The van der Waals surface area contributed by atoms with E-state index in [0.29, 0.717) is 12.8 Å². The Morgan fingerprint density at radius 3 is 1.61 bits per heavy atom. The van der Waals surface area contributed by atoms with Gasteiger partial charge in [-0.1, -0.05) is 194 Å². The number of phosphoric ester groups is 1. The van der Waals surface area contributed by atoms with Crippen LogP contribution in [0.25, 0.3) is 0 Å². The zero-order valence-electron chi connectivity index (χ0n) is 41.2. The number of anilines is 1. The van der Waals surface area contributed by atoms with Gasteiger partial charge in [-0.3, -0.25) is 18.7 Å². The van der Waals surface area contributed by atoms with Gasteiger partial charge in [0.2, 0.25) is 0 Å². The Hall–Kier alpha value is -1.86. The number of nitriles is 1. The van der Waals surface area contributed by atoms with Crippen molar-refractivity contribution in [3.05, 3.63) is 22.7 Å². The summed E-state index contributed by atoms with van der Waals surface area (Å²) >= 11 is 0. The van der Waals surface area contributed by atoms with Crippen LogP contribution in [-0.4, -0.2) is 64.7 Å². The van der Waals surface area contributed by atoms with Gasteiger partial charge in [0, 0.05) is 19.0 Å². The molecule has 1 aliphatic rings. The number of carbonyl (C=O) groups is 2. The van der Waals surface area contributed by atoms with Crippen LogP contribution in [0.3, 0.4) is 0 Å². The number of rotatable bonds is 42. The molecule has 1 aromatic heterocycles. The number of hydrogen-bond donors (Lipinski definition) is 2. The molecular formula is C49H86N4NaO11P. The quantitative estimate of drug-likeness (QED) is 0.0277. The van der Waals surface area contributed by atoms with Gasteiger partial charge in [-0.05, 0) is 18.9 Å². The van der Waals surface area contributed by atoms with Gasteiger partial charge in [0.05, 0.1) is 19.3 Å². The van der Waals surface area contributed by atoms with Gasteiger partial charge in [0.1, 0.15) is 30.6 Å². The summed E-state index contributed by atoms with van der Waals surface area (Å²) in [6.07, 6.45) is 32.2. The van der Waals surface area contributed by atoms with Gasteiger partial charge >= 0.3 is 47.2 Å². The second-order valence-corrected chi connectivity index (χ2v) is 19.4. The minimum absolute atomic E-state index is 0. The van der Waals surface area contributed by atoms with Gasteiger partial charge in [0.25, 0.3) is 7.82 Å². The Bertz CT molecular complexity index is 1550. The van der Waals surface area contributed by atoms with Crippen molar-refractivity contribution < 1.29 is 77.0 Å². The molecular weight excluding hydrogens is 875 g/mol. The molecule has 15 nitrogen and oxygen atoms in total. The normalized spacial score (nSPS) is 18.3. The number of unbranched alkanes of at least 4 members (excludes halogenated alkanes) is 28. The van der Waals surface area contributed by atoms with E-state index in [1.54, 1.807) is 0 Å². The molecule has 0 saturated carbocycles. The number of nitrogen functional groups attached to an aromatic ring is 1. The van der Waals surface area contributed by atoms with E-state index >= 15 is 0 Å². The number of nitrogens with two attached hydrogens (primary N) is 1. The van der Waals surface area contributed by atoms with Crippen LogP contribution >= 0.6 is 7.82 Å². The largest absolute Gasteiger partial charge is 1.00 e.